The van der Waals surface area contributed by atoms with Gasteiger partial charge in [-0.15, -0.1) is 0 Å². The molecular weight excluding hydrogens is 374 g/mol. The summed E-state index contributed by atoms with van der Waals surface area (Å²) in [4.78, 5) is 15.8. The van der Waals surface area contributed by atoms with Crippen molar-refractivity contribution in [3.63, 3.8) is 0 Å². The van der Waals surface area contributed by atoms with Crippen LogP contribution < -0.4 is 14.2 Å². The molecule has 1 saturated heterocycles. The van der Waals surface area contributed by atoms with Crippen molar-refractivity contribution < 1.29 is 27.4 Å². The second kappa shape index (κ2) is 8.87. The number of fused-ring (bicyclic) bond motifs is 1. The number of hydrogen-bond donors (Lipinski definition) is 1. The molecule has 9 nitrogen and oxygen atoms in total. The fourth-order valence-corrected chi connectivity index (χ4v) is 3.99. The topological polar surface area (TPSA) is 97.4 Å². The smallest absolute Gasteiger partial charge is 0.240 e. The quantitative estimate of drug-likeness (QED) is 0.651. The Labute approximate surface area is 159 Å². The summed E-state index contributed by atoms with van der Waals surface area (Å²) in [6.07, 6.45) is 0. The van der Waals surface area contributed by atoms with E-state index in [1.165, 1.54) is 19.1 Å². The van der Waals surface area contributed by atoms with E-state index >= 15 is 0 Å². The SMILES string of the molecule is CC(=O)N(CCNS(=O)(=O)c1ccc2c(c1)OCO2)CCN1CCOCC1. The Morgan fingerprint density at radius 1 is 1.19 bits per heavy atom. The maximum atomic E-state index is 12.5. The lowest BCUT2D eigenvalue weighted by atomic mass is 10.3. The van der Waals surface area contributed by atoms with E-state index in [0.29, 0.717) is 37.8 Å². The van der Waals surface area contributed by atoms with E-state index in [1.807, 2.05) is 0 Å². The molecule has 0 atom stereocenters. The largest absolute Gasteiger partial charge is 0.454 e. The monoisotopic (exact) mass is 399 g/mol. The molecule has 1 N–H and O–H groups in total. The Bertz CT molecular complexity index is 764. The van der Waals surface area contributed by atoms with Gasteiger partial charge in [0.05, 0.1) is 18.1 Å². The number of carbonyl (C=O) groups excluding carboxylic acids is 1. The van der Waals surface area contributed by atoms with Gasteiger partial charge < -0.3 is 19.1 Å². The van der Waals surface area contributed by atoms with Crippen LogP contribution in [0.15, 0.2) is 23.1 Å². The third-order valence-corrected chi connectivity index (χ3v) is 6.02. The van der Waals surface area contributed by atoms with E-state index < -0.39 is 10.0 Å². The average molecular weight is 399 g/mol. The predicted octanol–water partition coefficient (Wildman–Crippen LogP) is -0.126. The van der Waals surface area contributed by atoms with Crippen LogP contribution in [0.4, 0.5) is 0 Å². The van der Waals surface area contributed by atoms with Crippen LogP contribution in [0.1, 0.15) is 6.92 Å². The van der Waals surface area contributed by atoms with Crippen molar-refractivity contribution in [1.29, 1.82) is 0 Å². The van der Waals surface area contributed by atoms with Gasteiger partial charge in [-0.2, -0.15) is 0 Å². The Kier molecular flexibility index (Phi) is 6.53. The van der Waals surface area contributed by atoms with Crippen molar-refractivity contribution >= 4 is 15.9 Å². The highest BCUT2D eigenvalue weighted by Gasteiger charge is 2.21. The Morgan fingerprint density at radius 2 is 1.93 bits per heavy atom. The van der Waals surface area contributed by atoms with Crippen LogP contribution in [0.2, 0.25) is 0 Å². The number of carbonyl (C=O) groups is 1. The van der Waals surface area contributed by atoms with Crippen molar-refractivity contribution in [3.05, 3.63) is 18.2 Å². The molecular formula is C17H25N3O6S. The maximum Gasteiger partial charge on any atom is 0.240 e. The van der Waals surface area contributed by atoms with Crippen molar-refractivity contribution in [1.82, 2.24) is 14.5 Å². The molecule has 0 spiro atoms. The molecule has 1 fully saturated rings. The average Bonchev–Trinajstić information content (AvgIpc) is 3.13. The molecule has 0 aliphatic carbocycles. The highest BCUT2D eigenvalue weighted by molar-refractivity contribution is 7.89. The van der Waals surface area contributed by atoms with Crippen LogP contribution in [-0.2, 0) is 19.6 Å². The minimum Gasteiger partial charge on any atom is -0.454 e. The first kappa shape index (κ1) is 19.9. The lowest BCUT2D eigenvalue weighted by Crippen LogP contribution is -2.44. The van der Waals surface area contributed by atoms with Crippen LogP contribution >= 0.6 is 0 Å². The lowest BCUT2D eigenvalue weighted by Gasteiger charge is -2.29. The van der Waals surface area contributed by atoms with Crippen LogP contribution in [0.3, 0.4) is 0 Å². The highest BCUT2D eigenvalue weighted by atomic mass is 32.2. The summed E-state index contributed by atoms with van der Waals surface area (Å²) in [6.45, 7) is 6.44. The van der Waals surface area contributed by atoms with E-state index in [9.17, 15) is 13.2 Å². The standard InChI is InChI=1S/C17H25N3O6S/c1-14(21)20(7-6-19-8-10-24-11-9-19)5-4-18-27(22,23)15-2-3-16-17(12-15)26-13-25-16/h2-3,12,18H,4-11,13H2,1H3. The van der Waals surface area contributed by atoms with E-state index in [-0.39, 0.29) is 24.1 Å². The van der Waals surface area contributed by atoms with Crippen molar-refractivity contribution in [2.24, 2.45) is 0 Å². The summed E-state index contributed by atoms with van der Waals surface area (Å²) in [5.41, 5.74) is 0. The maximum absolute atomic E-state index is 12.5. The van der Waals surface area contributed by atoms with Gasteiger partial charge in [-0.1, -0.05) is 0 Å². The van der Waals surface area contributed by atoms with Gasteiger partial charge in [-0.05, 0) is 12.1 Å². The number of hydrogen-bond acceptors (Lipinski definition) is 7. The summed E-state index contributed by atoms with van der Waals surface area (Å²) in [5.74, 6) is 0.860. The number of rotatable bonds is 8. The van der Waals surface area contributed by atoms with Crippen LogP contribution in [0, 0.1) is 0 Å². The fourth-order valence-electron chi connectivity index (χ4n) is 2.96. The van der Waals surface area contributed by atoms with Gasteiger partial charge >= 0.3 is 0 Å². The van der Waals surface area contributed by atoms with Gasteiger partial charge in [0.2, 0.25) is 22.7 Å². The van der Waals surface area contributed by atoms with Gasteiger partial charge in [0.1, 0.15) is 0 Å². The fraction of sp³-hybridized carbons (Fsp3) is 0.588. The molecule has 2 aliphatic heterocycles. The normalized spacial score (nSPS) is 17.1. The number of nitrogens with one attached hydrogen (secondary N) is 1. The summed E-state index contributed by atoms with van der Waals surface area (Å²) >= 11 is 0. The molecule has 27 heavy (non-hydrogen) atoms. The van der Waals surface area contributed by atoms with E-state index in [1.54, 1.807) is 11.0 Å². The van der Waals surface area contributed by atoms with Crippen LogP contribution in [-0.4, -0.2) is 83.4 Å². The molecule has 2 aliphatic rings. The van der Waals surface area contributed by atoms with Crippen molar-refractivity contribution in [2.45, 2.75) is 11.8 Å². The number of amides is 1. The highest BCUT2D eigenvalue weighted by Crippen LogP contribution is 2.33. The molecule has 150 valence electrons. The van der Waals surface area contributed by atoms with E-state index in [4.69, 9.17) is 14.2 Å². The van der Waals surface area contributed by atoms with Gasteiger partial charge in [0, 0.05) is 52.3 Å². The first-order valence-electron chi connectivity index (χ1n) is 8.90. The van der Waals surface area contributed by atoms with Gasteiger partial charge in [-0.3, -0.25) is 9.69 Å². The molecule has 0 aromatic heterocycles. The van der Waals surface area contributed by atoms with Crippen molar-refractivity contribution in [2.75, 3.05) is 59.3 Å². The first-order chi connectivity index (χ1) is 13.0. The van der Waals surface area contributed by atoms with E-state index in [2.05, 4.69) is 9.62 Å². The molecule has 1 amide bonds. The minimum atomic E-state index is -3.69. The lowest BCUT2D eigenvalue weighted by molar-refractivity contribution is -0.129. The second-order valence-electron chi connectivity index (χ2n) is 6.37. The summed E-state index contributed by atoms with van der Waals surface area (Å²) in [6, 6.07) is 4.48. The second-order valence-corrected chi connectivity index (χ2v) is 8.14. The molecule has 1 aromatic rings. The molecule has 0 saturated carbocycles. The summed E-state index contributed by atoms with van der Waals surface area (Å²) < 4.78 is 43.2. The molecule has 10 heteroatoms. The number of ether oxygens (including phenoxy) is 3. The Hall–Kier alpha value is -1.88. The number of morpholine rings is 1. The number of sulfonamides is 1. The van der Waals surface area contributed by atoms with Gasteiger partial charge in [-0.25, -0.2) is 13.1 Å². The zero-order valence-electron chi connectivity index (χ0n) is 15.3. The molecule has 3 rings (SSSR count). The minimum absolute atomic E-state index is 0.0782. The molecule has 0 bridgehead atoms. The zero-order valence-corrected chi connectivity index (χ0v) is 16.2. The van der Waals surface area contributed by atoms with Crippen LogP contribution in [0.5, 0.6) is 11.5 Å². The third-order valence-electron chi connectivity index (χ3n) is 4.56. The molecule has 0 unspecified atom stereocenters. The van der Waals surface area contributed by atoms with E-state index in [0.717, 1.165) is 19.6 Å². The van der Waals surface area contributed by atoms with Crippen molar-refractivity contribution in [3.8, 4) is 11.5 Å². The first-order valence-corrected chi connectivity index (χ1v) is 10.4. The third kappa shape index (κ3) is 5.32. The summed E-state index contributed by atoms with van der Waals surface area (Å²) in [7, 11) is -3.69. The Balaban J connectivity index is 1.50. The van der Waals surface area contributed by atoms with Gasteiger partial charge in [0.25, 0.3) is 0 Å². The molecule has 2 heterocycles. The zero-order chi connectivity index (χ0) is 19.3. The number of benzene rings is 1. The molecule has 0 radical (unpaired) electrons. The summed E-state index contributed by atoms with van der Waals surface area (Å²) in [5, 5.41) is 0. The number of nitrogens with zero attached hydrogens (tertiary/aromatic N) is 2. The van der Waals surface area contributed by atoms with Crippen LogP contribution in [0.25, 0.3) is 0 Å². The molecule has 1 aromatic carbocycles. The Morgan fingerprint density at radius 3 is 2.67 bits per heavy atom. The predicted molar refractivity (Wildman–Crippen MR) is 97.3 cm³/mol. The van der Waals surface area contributed by atoms with Gasteiger partial charge in [0.15, 0.2) is 11.5 Å².